The van der Waals surface area contributed by atoms with Crippen LogP contribution in [0.3, 0.4) is 0 Å². The Balaban J connectivity index is 1.85. The molecule has 0 bridgehead atoms. The van der Waals surface area contributed by atoms with Crippen LogP contribution in [0.4, 0.5) is 10.1 Å². The van der Waals surface area contributed by atoms with E-state index in [1.807, 2.05) is 13.0 Å². The van der Waals surface area contributed by atoms with Gasteiger partial charge in [0.1, 0.15) is 5.82 Å². The smallest absolute Gasteiger partial charge is 0.255 e. The monoisotopic (exact) mass is 373 g/mol. The molecule has 0 radical (unpaired) electrons. The SMILES string of the molecule is Cc1c(NC(=O)c2cccc(Br)c2)cnn1-c1ccc(F)cc1. The van der Waals surface area contributed by atoms with Gasteiger partial charge in [0.2, 0.25) is 0 Å². The molecule has 0 aliphatic rings. The van der Waals surface area contributed by atoms with Crippen LogP contribution in [0.5, 0.6) is 0 Å². The number of halogens is 2. The van der Waals surface area contributed by atoms with E-state index in [-0.39, 0.29) is 11.7 Å². The summed E-state index contributed by atoms with van der Waals surface area (Å²) in [5.41, 5.74) is 2.65. The molecular weight excluding hydrogens is 361 g/mol. The quantitative estimate of drug-likeness (QED) is 0.742. The van der Waals surface area contributed by atoms with Crippen molar-refractivity contribution in [3.63, 3.8) is 0 Å². The van der Waals surface area contributed by atoms with E-state index < -0.39 is 0 Å². The van der Waals surface area contributed by atoms with Crippen molar-refractivity contribution in [3.05, 3.63) is 76.3 Å². The Kier molecular flexibility index (Phi) is 4.25. The van der Waals surface area contributed by atoms with Crippen molar-refractivity contribution in [2.45, 2.75) is 6.92 Å². The zero-order valence-corrected chi connectivity index (χ0v) is 13.8. The highest BCUT2D eigenvalue weighted by Gasteiger charge is 2.12. The maximum absolute atomic E-state index is 13.0. The summed E-state index contributed by atoms with van der Waals surface area (Å²) < 4.78 is 15.5. The zero-order chi connectivity index (χ0) is 16.4. The maximum atomic E-state index is 13.0. The topological polar surface area (TPSA) is 46.9 Å². The molecule has 1 aromatic heterocycles. The molecule has 0 spiro atoms. The maximum Gasteiger partial charge on any atom is 0.255 e. The zero-order valence-electron chi connectivity index (χ0n) is 12.3. The van der Waals surface area contributed by atoms with Gasteiger partial charge in [-0.3, -0.25) is 4.79 Å². The highest BCUT2D eigenvalue weighted by Crippen LogP contribution is 2.20. The highest BCUT2D eigenvalue weighted by atomic mass is 79.9. The molecule has 6 heteroatoms. The van der Waals surface area contributed by atoms with Crippen molar-refractivity contribution in [1.82, 2.24) is 9.78 Å². The number of hydrogen-bond donors (Lipinski definition) is 1. The highest BCUT2D eigenvalue weighted by molar-refractivity contribution is 9.10. The Hall–Kier alpha value is -2.47. The molecule has 0 atom stereocenters. The Morgan fingerprint density at radius 1 is 1.22 bits per heavy atom. The molecule has 23 heavy (non-hydrogen) atoms. The molecule has 0 saturated carbocycles. The lowest BCUT2D eigenvalue weighted by Gasteiger charge is -2.07. The van der Waals surface area contributed by atoms with Crippen LogP contribution in [0.25, 0.3) is 5.69 Å². The summed E-state index contributed by atoms with van der Waals surface area (Å²) in [6.07, 6.45) is 1.58. The Morgan fingerprint density at radius 2 is 1.96 bits per heavy atom. The van der Waals surface area contributed by atoms with E-state index in [9.17, 15) is 9.18 Å². The standard InChI is InChI=1S/C17H13BrFN3O/c1-11-16(21-17(23)12-3-2-4-13(18)9-12)10-20-22(11)15-7-5-14(19)6-8-15/h2-10H,1H3,(H,21,23). The lowest BCUT2D eigenvalue weighted by Crippen LogP contribution is -2.12. The number of hydrogen-bond acceptors (Lipinski definition) is 2. The molecule has 116 valence electrons. The summed E-state index contributed by atoms with van der Waals surface area (Å²) in [5, 5.41) is 7.09. The van der Waals surface area contributed by atoms with Crippen molar-refractivity contribution in [2.24, 2.45) is 0 Å². The van der Waals surface area contributed by atoms with Crippen molar-refractivity contribution in [3.8, 4) is 5.69 Å². The van der Waals surface area contributed by atoms with Gasteiger partial charge in [0, 0.05) is 10.0 Å². The van der Waals surface area contributed by atoms with Gasteiger partial charge in [-0.1, -0.05) is 22.0 Å². The lowest BCUT2D eigenvalue weighted by molar-refractivity contribution is 0.102. The van der Waals surface area contributed by atoms with Gasteiger partial charge in [-0.2, -0.15) is 5.10 Å². The summed E-state index contributed by atoms with van der Waals surface area (Å²) in [7, 11) is 0. The molecule has 0 unspecified atom stereocenters. The molecule has 3 rings (SSSR count). The average Bonchev–Trinajstić information content (AvgIpc) is 2.89. The molecule has 0 fully saturated rings. The fourth-order valence-electron chi connectivity index (χ4n) is 2.20. The molecule has 1 amide bonds. The van der Waals surface area contributed by atoms with Gasteiger partial charge in [-0.05, 0) is 49.4 Å². The number of carbonyl (C=O) groups is 1. The minimum atomic E-state index is -0.304. The molecule has 1 heterocycles. The second kappa shape index (κ2) is 6.34. The van der Waals surface area contributed by atoms with Crippen molar-refractivity contribution < 1.29 is 9.18 Å². The molecule has 4 nitrogen and oxygen atoms in total. The normalized spacial score (nSPS) is 10.6. The van der Waals surface area contributed by atoms with Gasteiger partial charge in [0.15, 0.2) is 0 Å². The van der Waals surface area contributed by atoms with Crippen LogP contribution in [0, 0.1) is 12.7 Å². The van der Waals surface area contributed by atoms with Gasteiger partial charge in [-0.25, -0.2) is 9.07 Å². The van der Waals surface area contributed by atoms with E-state index in [1.54, 1.807) is 41.2 Å². The van der Waals surface area contributed by atoms with Crippen LogP contribution in [-0.2, 0) is 0 Å². The molecular formula is C17H13BrFN3O. The van der Waals surface area contributed by atoms with E-state index in [0.29, 0.717) is 11.3 Å². The summed E-state index contributed by atoms with van der Waals surface area (Å²) in [4.78, 5) is 12.3. The summed E-state index contributed by atoms with van der Waals surface area (Å²) >= 11 is 3.34. The first kappa shape index (κ1) is 15.4. The molecule has 1 N–H and O–H groups in total. The first-order valence-corrected chi connectivity index (χ1v) is 7.71. The average molecular weight is 374 g/mol. The number of rotatable bonds is 3. The molecule has 2 aromatic carbocycles. The van der Waals surface area contributed by atoms with E-state index in [0.717, 1.165) is 15.9 Å². The van der Waals surface area contributed by atoms with E-state index >= 15 is 0 Å². The van der Waals surface area contributed by atoms with Crippen LogP contribution in [0.2, 0.25) is 0 Å². The molecule has 0 aliphatic heterocycles. The number of amides is 1. The van der Waals surface area contributed by atoms with Gasteiger partial charge in [0.25, 0.3) is 5.91 Å². The summed E-state index contributed by atoms with van der Waals surface area (Å²) in [5.74, 6) is -0.519. The van der Waals surface area contributed by atoms with Gasteiger partial charge < -0.3 is 5.32 Å². The number of anilines is 1. The molecule has 0 saturated heterocycles. The Labute approximate surface area is 141 Å². The van der Waals surface area contributed by atoms with Crippen molar-refractivity contribution in [1.29, 1.82) is 0 Å². The number of carbonyl (C=O) groups excluding carboxylic acids is 1. The summed E-state index contributed by atoms with van der Waals surface area (Å²) in [6, 6.07) is 13.1. The Bertz CT molecular complexity index is 859. The number of nitrogens with one attached hydrogen (secondary N) is 1. The third kappa shape index (κ3) is 3.32. The fourth-order valence-corrected chi connectivity index (χ4v) is 2.60. The third-order valence-corrected chi connectivity index (χ3v) is 3.91. The lowest BCUT2D eigenvalue weighted by atomic mass is 10.2. The van der Waals surface area contributed by atoms with Crippen molar-refractivity contribution in [2.75, 3.05) is 5.32 Å². The van der Waals surface area contributed by atoms with Crippen LogP contribution < -0.4 is 5.32 Å². The predicted molar refractivity (Wildman–Crippen MR) is 90.4 cm³/mol. The fraction of sp³-hybridized carbons (Fsp3) is 0.0588. The van der Waals surface area contributed by atoms with E-state index in [4.69, 9.17) is 0 Å². The largest absolute Gasteiger partial charge is 0.319 e. The second-order valence-corrected chi connectivity index (χ2v) is 5.91. The van der Waals surface area contributed by atoms with Gasteiger partial charge >= 0.3 is 0 Å². The van der Waals surface area contributed by atoms with E-state index in [2.05, 4.69) is 26.3 Å². The third-order valence-electron chi connectivity index (χ3n) is 3.42. The van der Waals surface area contributed by atoms with Crippen LogP contribution in [-0.4, -0.2) is 15.7 Å². The van der Waals surface area contributed by atoms with Crippen LogP contribution in [0.15, 0.2) is 59.2 Å². The number of aromatic nitrogens is 2. The predicted octanol–water partition coefficient (Wildman–Crippen LogP) is 4.33. The van der Waals surface area contributed by atoms with Crippen LogP contribution in [0.1, 0.15) is 16.1 Å². The van der Waals surface area contributed by atoms with Gasteiger partial charge in [0.05, 0.1) is 23.3 Å². The number of nitrogens with zero attached hydrogens (tertiary/aromatic N) is 2. The first-order valence-electron chi connectivity index (χ1n) is 6.92. The molecule has 0 aliphatic carbocycles. The van der Waals surface area contributed by atoms with Gasteiger partial charge in [-0.15, -0.1) is 0 Å². The minimum Gasteiger partial charge on any atom is -0.319 e. The Morgan fingerprint density at radius 3 is 2.65 bits per heavy atom. The van der Waals surface area contributed by atoms with E-state index in [1.165, 1.54) is 12.1 Å². The van der Waals surface area contributed by atoms with Crippen molar-refractivity contribution >= 4 is 27.5 Å². The first-order chi connectivity index (χ1) is 11.0. The van der Waals surface area contributed by atoms with Crippen LogP contribution >= 0.6 is 15.9 Å². The summed E-state index contributed by atoms with van der Waals surface area (Å²) in [6.45, 7) is 1.84. The molecule has 3 aromatic rings. The second-order valence-electron chi connectivity index (χ2n) is 5.00. The number of benzene rings is 2. The minimum absolute atomic E-state index is 0.215.